The van der Waals surface area contributed by atoms with E-state index in [4.69, 9.17) is 0 Å². The van der Waals surface area contributed by atoms with Gasteiger partial charge in [-0.2, -0.15) is 10.2 Å². The lowest BCUT2D eigenvalue weighted by Gasteiger charge is -2.33. The van der Waals surface area contributed by atoms with Crippen LogP contribution >= 0.6 is 0 Å². The van der Waals surface area contributed by atoms with E-state index in [-0.39, 0.29) is 23.3 Å². The summed E-state index contributed by atoms with van der Waals surface area (Å²) in [6, 6.07) is 1.90. The summed E-state index contributed by atoms with van der Waals surface area (Å²) in [5.41, 5.74) is 0.747. The summed E-state index contributed by atoms with van der Waals surface area (Å²) in [6.45, 7) is 5.77. The van der Waals surface area contributed by atoms with E-state index >= 15 is 0 Å². The van der Waals surface area contributed by atoms with Crippen LogP contribution in [0.1, 0.15) is 49.9 Å². The molecular formula is C17H24N4O2. The first-order chi connectivity index (χ1) is 11.0. The quantitative estimate of drug-likeness (QED) is 0.916. The third kappa shape index (κ3) is 3.51. The Labute approximate surface area is 136 Å². The summed E-state index contributed by atoms with van der Waals surface area (Å²) < 4.78 is 0. The van der Waals surface area contributed by atoms with Gasteiger partial charge in [0.1, 0.15) is 0 Å². The molecule has 1 aromatic rings. The Morgan fingerprint density at radius 3 is 2.70 bits per heavy atom. The molecule has 1 saturated heterocycles. The molecule has 3 rings (SSSR count). The van der Waals surface area contributed by atoms with E-state index in [1.165, 1.54) is 12.4 Å². The van der Waals surface area contributed by atoms with Crippen LogP contribution in [-0.2, 0) is 4.79 Å². The van der Waals surface area contributed by atoms with Gasteiger partial charge in [-0.25, -0.2) is 0 Å². The highest BCUT2D eigenvalue weighted by atomic mass is 16.2. The number of nitrogens with one attached hydrogen (secondary N) is 1. The number of carbonyl (C=O) groups is 2. The van der Waals surface area contributed by atoms with Crippen LogP contribution in [0.15, 0.2) is 18.5 Å². The Balaban J connectivity index is 1.49. The molecule has 1 N–H and O–H groups in total. The van der Waals surface area contributed by atoms with E-state index in [1.807, 2.05) is 4.90 Å². The zero-order chi connectivity index (χ0) is 16.4. The Kier molecular flexibility index (Phi) is 4.33. The lowest BCUT2D eigenvalue weighted by atomic mass is 9.92. The van der Waals surface area contributed by atoms with E-state index < -0.39 is 0 Å². The van der Waals surface area contributed by atoms with Crippen molar-refractivity contribution in [3.63, 3.8) is 0 Å². The van der Waals surface area contributed by atoms with Gasteiger partial charge in [0, 0.05) is 25.6 Å². The molecular weight excluding hydrogens is 292 g/mol. The Bertz CT molecular complexity index is 580. The Morgan fingerprint density at radius 2 is 2.09 bits per heavy atom. The number of hydrogen-bond acceptors (Lipinski definition) is 4. The molecule has 2 amide bonds. The van der Waals surface area contributed by atoms with Gasteiger partial charge in [-0.1, -0.05) is 13.8 Å². The second kappa shape index (κ2) is 6.26. The average Bonchev–Trinajstić information content (AvgIpc) is 3.19. The molecule has 0 radical (unpaired) electrons. The van der Waals surface area contributed by atoms with Crippen LogP contribution < -0.4 is 5.32 Å². The molecule has 124 valence electrons. The third-order valence-corrected chi connectivity index (χ3v) is 5.04. The summed E-state index contributed by atoms with van der Waals surface area (Å²) >= 11 is 0. The standard InChI is InChI=1S/C17H24N4O2/c1-12(2)9-15(22)21-7-4-17(5-8-21)10-14(17)20-16(23)13-3-6-18-19-11-13/h3,6,11-12,14H,4-5,7-10H2,1-2H3,(H,20,23). The molecule has 0 bridgehead atoms. The van der Waals surface area contributed by atoms with Crippen molar-refractivity contribution >= 4 is 11.8 Å². The molecule has 1 aliphatic heterocycles. The van der Waals surface area contributed by atoms with Crippen LogP contribution in [0.5, 0.6) is 0 Å². The lowest BCUT2D eigenvalue weighted by molar-refractivity contribution is -0.133. The van der Waals surface area contributed by atoms with Gasteiger partial charge in [0.2, 0.25) is 5.91 Å². The fourth-order valence-corrected chi connectivity index (χ4v) is 3.45. The first-order valence-corrected chi connectivity index (χ1v) is 8.35. The van der Waals surface area contributed by atoms with Crippen LogP contribution in [-0.4, -0.2) is 46.0 Å². The Hall–Kier alpha value is -1.98. The summed E-state index contributed by atoms with van der Waals surface area (Å²) in [6.07, 6.45) is 6.62. The van der Waals surface area contributed by atoms with Crippen molar-refractivity contribution in [3.8, 4) is 0 Å². The summed E-state index contributed by atoms with van der Waals surface area (Å²) in [4.78, 5) is 26.3. The molecule has 23 heavy (non-hydrogen) atoms. The minimum atomic E-state index is -0.0833. The number of aromatic nitrogens is 2. The molecule has 1 atom stereocenters. The first-order valence-electron chi connectivity index (χ1n) is 8.35. The largest absolute Gasteiger partial charge is 0.349 e. The van der Waals surface area contributed by atoms with Gasteiger partial charge in [0.15, 0.2) is 0 Å². The lowest BCUT2D eigenvalue weighted by Crippen LogP contribution is -2.42. The first kappa shape index (κ1) is 15.9. The second-order valence-electron chi connectivity index (χ2n) is 7.20. The molecule has 2 heterocycles. The monoisotopic (exact) mass is 316 g/mol. The topological polar surface area (TPSA) is 75.2 Å². The molecule has 1 saturated carbocycles. The fraction of sp³-hybridized carbons (Fsp3) is 0.647. The van der Waals surface area contributed by atoms with E-state index in [0.717, 1.165) is 32.4 Å². The van der Waals surface area contributed by atoms with E-state index in [2.05, 4.69) is 29.4 Å². The van der Waals surface area contributed by atoms with E-state index in [9.17, 15) is 9.59 Å². The molecule has 1 aliphatic carbocycles. The van der Waals surface area contributed by atoms with Crippen LogP contribution in [0.2, 0.25) is 0 Å². The van der Waals surface area contributed by atoms with Gasteiger partial charge < -0.3 is 10.2 Å². The van der Waals surface area contributed by atoms with Crippen molar-refractivity contribution in [2.75, 3.05) is 13.1 Å². The number of carbonyl (C=O) groups excluding carboxylic acids is 2. The number of amides is 2. The van der Waals surface area contributed by atoms with Crippen molar-refractivity contribution in [1.82, 2.24) is 20.4 Å². The maximum Gasteiger partial charge on any atom is 0.253 e. The normalized spacial score (nSPS) is 22.2. The van der Waals surface area contributed by atoms with Crippen LogP contribution in [0.25, 0.3) is 0 Å². The van der Waals surface area contributed by atoms with Gasteiger partial charge in [-0.3, -0.25) is 9.59 Å². The smallest absolute Gasteiger partial charge is 0.253 e. The molecule has 1 unspecified atom stereocenters. The fourth-order valence-electron chi connectivity index (χ4n) is 3.45. The molecule has 6 nitrogen and oxygen atoms in total. The van der Waals surface area contributed by atoms with Crippen molar-refractivity contribution in [1.29, 1.82) is 0 Å². The zero-order valence-electron chi connectivity index (χ0n) is 13.8. The predicted octanol–water partition coefficient (Wildman–Crippen LogP) is 1.63. The van der Waals surface area contributed by atoms with Crippen molar-refractivity contribution < 1.29 is 9.59 Å². The predicted molar refractivity (Wildman–Crippen MR) is 85.6 cm³/mol. The molecule has 1 aromatic heterocycles. The summed E-state index contributed by atoms with van der Waals surface area (Å²) in [5, 5.41) is 10.5. The maximum absolute atomic E-state index is 12.2. The van der Waals surface area contributed by atoms with Gasteiger partial charge in [0.25, 0.3) is 5.91 Å². The highest BCUT2D eigenvalue weighted by Crippen LogP contribution is 2.54. The van der Waals surface area contributed by atoms with E-state index in [1.54, 1.807) is 6.07 Å². The molecule has 1 spiro atoms. The number of nitrogens with zero attached hydrogens (tertiary/aromatic N) is 3. The summed E-state index contributed by atoms with van der Waals surface area (Å²) in [5.74, 6) is 0.583. The average molecular weight is 316 g/mol. The number of hydrogen-bond donors (Lipinski definition) is 1. The van der Waals surface area contributed by atoms with Gasteiger partial charge >= 0.3 is 0 Å². The van der Waals surface area contributed by atoms with Gasteiger partial charge in [0.05, 0.1) is 18.0 Å². The molecule has 6 heteroatoms. The van der Waals surface area contributed by atoms with Crippen molar-refractivity contribution in [2.24, 2.45) is 11.3 Å². The number of likely N-dealkylation sites (tertiary alicyclic amines) is 1. The van der Waals surface area contributed by atoms with Crippen LogP contribution in [0, 0.1) is 11.3 Å². The molecule has 2 aliphatic rings. The maximum atomic E-state index is 12.2. The number of piperidine rings is 1. The minimum absolute atomic E-state index is 0.0833. The molecule has 2 fully saturated rings. The van der Waals surface area contributed by atoms with Crippen molar-refractivity contribution in [3.05, 3.63) is 24.0 Å². The highest BCUT2D eigenvalue weighted by Gasteiger charge is 2.55. The summed E-state index contributed by atoms with van der Waals surface area (Å²) in [7, 11) is 0. The third-order valence-electron chi connectivity index (χ3n) is 5.04. The van der Waals surface area contributed by atoms with Crippen LogP contribution in [0.3, 0.4) is 0 Å². The number of rotatable bonds is 4. The van der Waals surface area contributed by atoms with Gasteiger partial charge in [-0.15, -0.1) is 0 Å². The Morgan fingerprint density at radius 1 is 1.35 bits per heavy atom. The highest BCUT2D eigenvalue weighted by molar-refractivity contribution is 5.94. The van der Waals surface area contributed by atoms with Crippen LogP contribution in [0.4, 0.5) is 0 Å². The molecule has 0 aromatic carbocycles. The van der Waals surface area contributed by atoms with E-state index in [0.29, 0.717) is 17.9 Å². The zero-order valence-corrected chi connectivity index (χ0v) is 13.8. The minimum Gasteiger partial charge on any atom is -0.349 e. The van der Waals surface area contributed by atoms with Gasteiger partial charge in [-0.05, 0) is 36.7 Å². The SMILES string of the molecule is CC(C)CC(=O)N1CCC2(CC1)CC2NC(=O)c1ccnnc1. The van der Waals surface area contributed by atoms with Crippen molar-refractivity contribution in [2.45, 2.75) is 45.6 Å². The second-order valence-corrected chi connectivity index (χ2v) is 7.20.